The minimum atomic E-state index is -3.65. The van der Waals surface area contributed by atoms with Gasteiger partial charge in [0.2, 0.25) is 10.0 Å². The molecule has 0 unspecified atom stereocenters. The number of phenols is 1. The van der Waals surface area contributed by atoms with Crippen molar-refractivity contribution in [1.82, 2.24) is 5.16 Å². The fourth-order valence-corrected chi connectivity index (χ4v) is 2.71. The lowest BCUT2D eigenvalue weighted by Gasteiger charge is -2.09. The predicted octanol–water partition coefficient (Wildman–Crippen LogP) is 1.94. The summed E-state index contributed by atoms with van der Waals surface area (Å²) in [5.74, 6) is 0.117. The quantitative estimate of drug-likeness (QED) is 0.836. The number of benzene rings is 1. The van der Waals surface area contributed by atoms with Crippen LogP contribution < -0.4 is 4.72 Å². The third-order valence-corrected chi connectivity index (χ3v) is 3.64. The third kappa shape index (κ3) is 3.47. The maximum atomic E-state index is 11.9. The molecular formula is C12H14N2O4S. The number of phenolic OH excluding ortho intramolecular Hbond substituents is 1. The SMILES string of the molecule is Cc1ccc(O)c(NS(=O)(=O)Cc2cc(C)on2)c1. The molecule has 2 aromatic rings. The average molecular weight is 282 g/mol. The van der Waals surface area contributed by atoms with Gasteiger partial charge in [-0.2, -0.15) is 0 Å². The second-order valence-corrected chi connectivity index (χ2v) is 6.03. The number of nitrogens with one attached hydrogen (secondary N) is 1. The first-order chi connectivity index (χ1) is 8.85. The molecule has 0 amide bonds. The van der Waals surface area contributed by atoms with Gasteiger partial charge >= 0.3 is 0 Å². The third-order valence-electron chi connectivity index (χ3n) is 2.43. The van der Waals surface area contributed by atoms with Crippen molar-refractivity contribution >= 4 is 15.7 Å². The highest BCUT2D eigenvalue weighted by molar-refractivity contribution is 7.91. The van der Waals surface area contributed by atoms with Gasteiger partial charge in [0.1, 0.15) is 23.0 Å². The first-order valence-electron chi connectivity index (χ1n) is 5.58. The lowest BCUT2D eigenvalue weighted by atomic mass is 10.2. The molecule has 0 saturated heterocycles. The van der Waals surface area contributed by atoms with Crippen molar-refractivity contribution in [2.75, 3.05) is 4.72 Å². The van der Waals surface area contributed by atoms with Crippen LogP contribution in [0.4, 0.5) is 5.69 Å². The second kappa shape index (κ2) is 4.93. The highest BCUT2D eigenvalue weighted by Crippen LogP contribution is 2.25. The van der Waals surface area contributed by atoms with Crippen molar-refractivity contribution in [2.24, 2.45) is 0 Å². The minimum absolute atomic E-state index is 0.120. The molecule has 102 valence electrons. The Bertz CT molecular complexity index is 692. The van der Waals surface area contributed by atoms with Crippen LogP contribution in [0.25, 0.3) is 0 Å². The van der Waals surface area contributed by atoms with Crippen LogP contribution in [0.3, 0.4) is 0 Å². The summed E-state index contributed by atoms with van der Waals surface area (Å²) in [7, 11) is -3.65. The van der Waals surface area contributed by atoms with E-state index in [2.05, 4.69) is 9.88 Å². The van der Waals surface area contributed by atoms with E-state index >= 15 is 0 Å². The smallest absolute Gasteiger partial charge is 0.238 e. The van der Waals surface area contributed by atoms with Crippen LogP contribution in [0.15, 0.2) is 28.8 Å². The number of rotatable bonds is 4. The summed E-state index contributed by atoms with van der Waals surface area (Å²) < 4.78 is 31.0. The largest absolute Gasteiger partial charge is 0.506 e. The molecule has 0 aliphatic heterocycles. The van der Waals surface area contributed by atoms with E-state index in [0.717, 1.165) is 5.56 Å². The van der Waals surface area contributed by atoms with Crippen molar-refractivity contribution in [3.8, 4) is 5.75 Å². The molecule has 7 heteroatoms. The van der Waals surface area contributed by atoms with Gasteiger partial charge in [0.25, 0.3) is 0 Å². The zero-order valence-corrected chi connectivity index (χ0v) is 11.4. The van der Waals surface area contributed by atoms with Crippen molar-refractivity contribution in [1.29, 1.82) is 0 Å². The number of anilines is 1. The summed E-state index contributed by atoms with van der Waals surface area (Å²) in [5, 5.41) is 13.2. The van der Waals surface area contributed by atoms with Crippen LogP contribution >= 0.6 is 0 Å². The fourth-order valence-electron chi connectivity index (χ4n) is 1.62. The highest BCUT2D eigenvalue weighted by atomic mass is 32.2. The van der Waals surface area contributed by atoms with Gasteiger partial charge in [0, 0.05) is 6.07 Å². The van der Waals surface area contributed by atoms with Gasteiger partial charge in [-0.25, -0.2) is 8.42 Å². The van der Waals surface area contributed by atoms with Gasteiger partial charge in [0.05, 0.1) is 5.69 Å². The molecule has 0 spiro atoms. The maximum absolute atomic E-state index is 11.9. The van der Waals surface area contributed by atoms with Crippen molar-refractivity contribution in [3.05, 3.63) is 41.3 Å². The standard InChI is InChI=1S/C12H14N2O4S/c1-8-3-4-12(15)11(5-8)14-19(16,17)7-10-6-9(2)18-13-10/h3-6,14-15H,7H2,1-2H3. The Hall–Kier alpha value is -2.02. The van der Waals surface area contributed by atoms with Crippen molar-refractivity contribution in [3.63, 3.8) is 0 Å². The van der Waals surface area contributed by atoms with E-state index in [1.165, 1.54) is 6.07 Å². The van der Waals surface area contributed by atoms with Crippen LogP contribution in [0.5, 0.6) is 5.75 Å². The molecule has 0 aliphatic rings. The molecule has 1 heterocycles. The van der Waals surface area contributed by atoms with Crippen LogP contribution in [-0.4, -0.2) is 18.7 Å². The van der Waals surface area contributed by atoms with Crippen molar-refractivity contribution < 1.29 is 18.0 Å². The molecule has 1 aromatic heterocycles. The van der Waals surface area contributed by atoms with E-state index in [0.29, 0.717) is 11.5 Å². The Kier molecular flexibility index (Phi) is 3.48. The topological polar surface area (TPSA) is 92.4 Å². The van der Waals surface area contributed by atoms with Crippen LogP contribution in [-0.2, 0) is 15.8 Å². The number of aryl methyl sites for hydroxylation is 2. The number of aromatic hydroxyl groups is 1. The van der Waals surface area contributed by atoms with Gasteiger partial charge in [-0.05, 0) is 31.5 Å². The maximum Gasteiger partial charge on any atom is 0.238 e. The van der Waals surface area contributed by atoms with Crippen LogP contribution in [0.2, 0.25) is 0 Å². The number of hydrogen-bond acceptors (Lipinski definition) is 5. The lowest BCUT2D eigenvalue weighted by molar-refractivity contribution is 0.392. The summed E-state index contributed by atoms with van der Waals surface area (Å²) in [6.45, 7) is 3.49. The molecule has 0 aliphatic carbocycles. The van der Waals surface area contributed by atoms with E-state index in [9.17, 15) is 13.5 Å². The summed E-state index contributed by atoms with van der Waals surface area (Å²) in [6, 6.07) is 6.23. The minimum Gasteiger partial charge on any atom is -0.506 e. The van der Waals surface area contributed by atoms with E-state index < -0.39 is 10.0 Å². The average Bonchev–Trinajstić information content (AvgIpc) is 2.68. The molecule has 6 nitrogen and oxygen atoms in total. The summed E-state index contributed by atoms with van der Waals surface area (Å²) in [4.78, 5) is 0. The van der Waals surface area contributed by atoms with Crippen LogP contribution in [0.1, 0.15) is 17.0 Å². The van der Waals surface area contributed by atoms with Gasteiger partial charge in [0.15, 0.2) is 0 Å². The Morgan fingerprint density at radius 1 is 1.32 bits per heavy atom. The molecular weight excluding hydrogens is 268 g/mol. The monoisotopic (exact) mass is 282 g/mol. The fraction of sp³-hybridized carbons (Fsp3) is 0.250. The summed E-state index contributed by atoms with van der Waals surface area (Å²) in [6.07, 6.45) is 0. The number of nitrogens with zero attached hydrogens (tertiary/aromatic N) is 1. The van der Waals surface area contributed by atoms with E-state index in [1.54, 1.807) is 32.0 Å². The van der Waals surface area contributed by atoms with E-state index in [4.69, 9.17) is 4.52 Å². The normalized spacial score (nSPS) is 11.5. The molecule has 0 radical (unpaired) electrons. The van der Waals surface area contributed by atoms with E-state index in [1.807, 2.05) is 0 Å². The number of hydrogen-bond donors (Lipinski definition) is 2. The summed E-state index contributed by atoms with van der Waals surface area (Å²) in [5.41, 5.74) is 1.31. The van der Waals surface area contributed by atoms with Gasteiger partial charge in [-0.15, -0.1) is 0 Å². The van der Waals surface area contributed by atoms with Crippen LogP contribution in [0, 0.1) is 13.8 Å². The van der Waals surface area contributed by atoms with E-state index in [-0.39, 0.29) is 17.2 Å². The lowest BCUT2D eigenvalue weighted by Crippen LogP contribution is -2.15. The summed E-state index contributed by atoms with van der Waals surface area (Å²) >= 11 is 0. The molecule has 2 N–H and O–H groups in total. The molecule has 0 atom stereocenters. The predicted molar refractivity (Wildman–Crippen MR) is 70.3 cm³/mol. The molecule has 0 bridgehead atoms. The van der Waals surface area contributed by atoms with Gasteiger partial charge in [-0.3, -0.25) is 4.72 Å². The van der Waals surface area contributed by atoms with Gasteiger partial charge < -0.3 is 9.63 Å². The highest BCUT2D eigenvalue weighted by Gasteiger charge is 2.16. The Balaban J connectivity index is 2.19. The number of sulfonamides is 1. The van der Waals surface area contributed by atoms with Gasteiger partial charge in [-0.1, -0.05) is 11.2 Å². The molecule has 0 fully saturated rings. The Labute approximate surface area is 111 Å². The zero-order valence-electron chi connectivity index (χ0n) is 10.5. The first-order valence-corrected chi connectivity index (χ1v) is 7.23. The van der Waals surface area contributed by atoms with Crippen molar-refractivity contribution in [2.45, 2.75) is 19.6 Å². The Morgan fingerprint density at radius 3 is 2.68 bits per heavy atom. The zero-order chi connectivity index (χ0) is 14.0. The Morgan fingerprint density at radius 2 is 2.05 bits per heavy atom. The molecule has 19 heavy (non-hydrogen) atoms. The number of aromatic nitrogens is 1. The second-order valence-electron chi connectivity index (χ2n) is 4.31. The molecule has 1 aromatic carbocycles. The molecule has 2 rings (SSSR count). The first kappa shape index (κ1) is 13.4. The molecule has 0 saturated carbocycles.